The van der Waals surface area contributed by atoms with E-state index in [9.17, 15) is 4.79 Å². The normalized spacial score (nSPS) is 9.65. The number of pyridine rings is 2. The van der Waals surface area contributed by atoms with E-state index in [1.54, 1.807) is 13.0 Å². The summed E-state index contributed by atoms with van der Waals surface area (Å²) in [6.45, 7) is 3.09. The maximum Gasteiger partial charge on any atom is 1.00 e. The Morgan fingerprint density at radius 3 is 1.81 bits per heavy atom. The summed E-state index contributed by atoms with van der Waals surface area (Å²) in [5.41, 5.74) is 1.14. The van der Waals surface area contributed by atoms with Gasteiger partial charge in [0, 0.05) is 31.9 Å². The van der Waals surface area contributed by atoms with Gasteiger partial charge in [0.05, 0.1) is 16.1 Å². The van der Waals surface area contributed by atoms with Crippen LogP contribution in [0.15, 0.2) is 24.5 Å². The zero-order valence-corrected chi connectivity index (χ0v) is 18.2. The van der Waals surface area contributed by atoms with Gasteiger partial charge in [-0.2, -0.15) is 0 Å². The van der Waals surface area contributed by atoms with Gasteiger partial charge in [-0.3, -0.25) is 4.79 Å². The molecule has 0 aliphatic carbocycles. The van der Waals surface area contributed by atoms with Crippen LogP contribution in [0.25, 0.3) is 0 Å². The molecule has 0 bridgehead atoms. The summed E-state index contributed by atoms with van der Waals surface area (Å²) in [5.74, 6) is -0.0731. The maximum atomic E-state index is 10.8. The molecule has 0 spiro atoms. The van der Waals surface area contributed by atoms with Crippen LogP contribution >= 0.6 is 46.4 Å². The monoisotopic (exact) mass is 447 g/mol. The first-order chi connectivity index (χ1) is 10.2. The molecule has 2 aromatic rings. The van der Waals surface area contributed by atoms with E-state index in [0.29, 0.717) is 21.2 Å². The Morgan fingerprint density at radius 1 is 1.04 bits per heavy atom. The maximum absolute atomic E-state index is 10.8. The number of rotatable bonds is 2. The van der Waals surface area contributed by atoms with Gasteiger partial charge in [-0.05, 0) is 26.0 Å². The fraction of sp³-hybridized carbons (Fsp3) is 0.312. The molecule has 4 nitrogen and oxygen atoms in total. The van der Waals surface area contributed by atoms with Crippen LogP contribution in [0, 0.1) is 0 Å². The minimum Gasteiger partial charge on any atom is -1.00 e. The fourth-order valence-electron chi connectivity index (χ4n) is 1.28. The van der Waals surface area contributed by atoms with Gasteiger partial charge in [0.1, 0.15) is 10.3 Å². The first kappa shape index (κ1) is 33.7. The molecular weight excluding hydrogens is 428 g/mol. The van der Waals surface area contributed by atoms with E-state index in [2.05, 4.69) is 9.97 Å². The number of carbonyl (C=O) groups excluding carboxylic acids is 1. The number of Topliss-reactive ketones (excluding diaryl/α,β-unsaturated/α-hetero) is 1. The topological polar surface area (TPSA) is 63.1 Å². The third-order valence-corrected chi connectivity index (χ3v) is 3.87. The van der Waals surface area contributed by atoms with Crippen molar-refractivity contribution in [3.05, 3.63) is 56.0 Å². The first-order valence-electron chi connectivity index (χ1n) is 6.03. The van der Waals surface area contributed by atoms with Crippen molar-refractivity contribution in [1.82, 2.24) is 9.97 Å². The second kappa shape index (κ2) is 16.1. The predicted octanol–water partition coefficient (Wildman–Crippen LogP) is 3.04. The minimum atomic E-state index is -0.558. The SMILES string of the molecule is C.C.CC(=O)c1cnc(Cl)c(Cl)c1.CC(O)c1cnc(Cl)c(Cl)c1.[B].[H-].[Na+]. The van der Waals surface area contributed by atoms with Gasteiger partial charge in [-0.15, -0.1) is 0 Å². The summed E-state index contributed by atoms with van der Waals surface area (Å²) in [6, 6.07) is 3.10. The number of halogens is 4. The quantitative estimate of drug-likeness (QED) is 0.436. The molecule has 1 N–H and O–H groups in total. The van der Waals surface area contributed by atoms with Crippen LogP contribution in [0.1, 0.15) is 52.2 Å². The second-order valence-electron chi connectivity index (χ2n) is 4.27. The Labute approximate surface area is 201 Å². The Hall–Kier alpha value is 0.155. The molecule has 1 unspecified atom stereocenters. The summed E-state index contributed by atoms with van der Waals surface area (Å²) >= 11 is 22.4. The summed E-state index contributed by atoms with van der Waals surface area (Å²) < 4.78 is 0. The third kappa shape index (κ3) is 11.1. The number of aromatic nitrogens is 2. The van der Waals surface area contributed by atoms with Gasteiger partial charge in [-0.1, -0.05) is 61.3 Å². The number of hydrogen-bond acceptors (Lipinski definition) is 4. The standard InChI is InChI=1S/C7H7Cl2NO.C7H5Cl2NO.2CH4.B.Na.H/c2*1-4(11)5-2-6(8)7(9)10-3-5;;;;;/h2-4,11H,1H3;2-3H,1H3;2*1H4;;;/q;;;;;+1;-1. The molecule has 2 heterocycles. The molecule has 2 aromatic heterocycles. The van der Waals surface area contributed by atoms with Gasteiger partial charge in [0.25, 0.3) is 0 Å². The Balaban J connectivity index is -0.000000101. The van der Waals surface area contributed by atoms with E-state index >= 15 is 0 Å². The van der Waals surface area contributed by atoms with Crippen molar-refractivity contribution in [1.29, 1.82) is 0 Å². The van der Waals surface area contributed by atoms with Gasteiger partial charge < -0.3 is 6.53 Å². The molecule has 0 amide bonds. The molecule has 139 valence electrons. The van der Waals surface area contributed by atoms with Crippen molar-refractivity contribution in [2.24, 2.45) is 0 Å². The summed E-state index contributed by atoms with van der Waals surface area (Å²) in [4.78, 5) is 18.3. The van der Waals surface area contributed by atoms with Crippen LogP contribution in [0.4, 0.5) is 0 Å². The minimum absolute atomic E-state index is 0. The molecule has 0 aliphatic rings. The van der Waals surface area contributed by atoms with Crippen molar-refractivity contribution in [3.8, 4) is 0 Å². The molecule has 26 heavy (non-hydrogen) atoms. The second-order valence-corrected chi connectivity index (χ2v) is 5.80. The van der Waals surface area contributed by atoms with E-state index in [4.69, 9.17) is 51.5 Å². The predicted molar refractivity (Wildman–Crippen MR) is 109 cm³/mol. The van der Waals surface area contributed by atoms with E-state index < -0.39 is 6.10 Å². The molecule has 0 saturated heterocycles. The third-order valence-electron chi connectivity index (χ3n) is 2.50. The fourth-order valence-corrected chi connectivity index (χ4v) is 1.83. The number of aliphatic hydroxyl groups is 1. The molecule has 0 fully saturated rings. The number of aliphatic hydroxyl groups excluding tert-OH is 1. The van der Waals surface area contributed by atoms with Crippen LogP contribution in [-0.2, 0) is 0 Å². The number of hydrogen-bond donors (Lipinski definition) is 1. The average molecular weight is 449 g/mol. The molecule has 10 heteroatoms. The molecule has 3 radical (unpaired) electrons. The summed E-state index contributed by atoms with van der Waals surface area (Å²) in [7, 11) is 0. The van der Waals surface area contributed by atoms with E-state index in [1.165, 1.54) is 25.4 Å². The van der Waals surface area contributed by atoms with Crippen molar-refractivity contribution in [2.45, 2.75) is 34.8 Å². The smallest absolute Gasteiger partial charge is 1.00 e. The van der Waals surface area contributed by atoms with Crippen LogP contribution in [0.3, 0.4) is 0 Å². The Bertz CT molecular complexity index is 697. The van der Waals surface area contributed by atoms with Crippen LogP contribution in [0.5, 0.6) is 0 Å². The van der Waals surface area contributed by atoms with E-state index in [0.717, 1.165) is 0 Å². The van der Waals surface area contributed by atoms with Crippen LogP contribution in [0.2, 0.25) is 20.4 Å². The molecule has 2 rings (SSSR count). The van der Waals surface area contributed by atoms with Gasteiger partial charge in [0.15, 0.2) is 5.78 Å². The molecular formula is C16H21BCl4N2NaO2. The van der Waals surface area contributed by atoms with E-state index in [-0.39, 0.29) is 70.3 Å². The van der Waals surface area contributed by atoms with Crippen LogP contribution in [-0.4, -0.2) is 29.3 Å². The number of carbonyl (C=O) groups is 1. The zero-order chi connectivity index (χ0) is 16.9. The number of nitrogens with zero attached hydrogens (tertiary/aromatic N) is 2. The number of ketones is 1. The zero-order valence-electron chi connectivity index (χ0n) is 14.2. The van der Waals surface area contributed by atoms with Gasteiger partial charge >= 0.3 is 29.6 Å². The van der Waals surface area contributed by atoms with Crippen molar-refractivity contribution < 1.29 is 40.9 Å². The van der Waals surface area contributed by atoms with Crippen molar-refractivity contribution in [3.63, 3.8) is 0 Å². The average Bonchev–Trinajstić information content (AvgIpc) is 2.45. The van der Waals surface area contributed by atoms with E-state index in [1.807, 2.05) is 0 Å². The first-order valence-corrected chi connectivity index (χ1v) is 7.54. The summed E-state index contributed by atoms with van der Waals surface area (Å²) in [5, 5.41) is 10.2. The Kier molecular flexibility index (Phi) is 20.9. The van der Waals surface area contributed by atoms with Gasteiger partial charge in [0.2, 0.25) is 0 Å². The molecule has 0 aromatic carbocycles. The molecule has 0 aliphatic heterocycles. The largest absolute Gasteiger partial charge is 1.00 e. The van der Waals surface area contributed by atoms with Crippen molar-refractivity contribution >= 4 is 60.6 Å². The van der Waals surface area contributed by atoms with Crippen molar-refractivity contribution in [2.75, 3.05) is 0 Å². The van der Waals surface area contributed by atoms with Crippen LogP contribution < -0.4 is 29.6 Å². The summed E-state index contributed by atoms with van der Waals surface area (Å²) in [6.07, 6.45) is 2.34. The van der Waals surface area contributed by atoms with Gasteiger partial charge in [-0.25, -0.2) is 9.97 Å². The molecule has 0 saturated carbocycles. The molecule has 1 atom stereocenters. The Morgan fingerprint density at radius 2 is 1.46 bits per heavy atom.